The maximum atomic E-state index is 3.96. The molecule has 3 aromatic rings. The van der Waals surface area contributed by atoms with Crippen molar-refractivity contribution in [2.45, 2.75) is 6.42 Å². The number of allylic oxidation sites excluding steroid dienone is 1. The monoisotopic (exact) mass is 396 g/mol. The Bertz CT molecular complexity index is 642. The van der Waals surface area contributed by atoms with E-state index >= 15 is 0 Å². The van der Waals surface area contributed by atoms with Crippen LogP contribution in [-0.4, -0.2) is 6.16 Å². The number of hydrogen-bond acceptors (Lipinski definition) is 0. The van der Waals surface area contributed by atoms with Crippen molar-refractivity contribution < 1.29 is 17.0 Å². The van der Waals surface area contributed by atoms with E-state index < -0.39 is 7.26 Å². The molecule has 24 heavy (non-hydrogen) atoms. The maximum Gasteiger partial charge on any atom is 0.112 e. The van der Waals surface area contributed by atoms with Gasteiger partial charge in [-0.3, -0.25) is 0 Å². The van der Waals surface area contributed by atoms with Crippen LogP contribution in [0.1, 0.15) is 6.42 Å². The minimum atomic E-state index is -1.64. The van der Waals surface area contributed by atoms with Crippen molar-refractivity contribution in [1.82, 2.24) is 0 Å². The second-order valence-electron chi connectivity index (χ2n) is 5.62. The van der Waals surface area contributed by atoms with Gasteiger partial charge >= 0.3 is 0 Å². The maximum absolute atomic E-state index is 3.96. The molecule has 0 heterocycles. The molecule has 0 unspecified atom stereocenters. The van der Waals surface area contributed by atoms with Crippen LogP contribution in [0.5, 0.6) is 0 Å². The van der Waals surface area contributed by atoms with E-state index in [1.807, 2.05) is 6.08 Å². The summed E-state index contributed by atoms with van der Waals surface area (Å²) >= 11 is 0. The summed E-state index contributed by atoms with van der Waals surface area (Å²) in [7, 11) is -1.64. The standard InChI is InChI=1S/C22H22P.BrH/c1-2-3-19-23(20-13-7-4-8-14-20,21-15-9-5-10-16-21)22-17-11-6-12-18-22;/h2,4-18H,1,3,19H2;1H/q+1;/p-1. The van der Waals surface area contributed by atoms with E-state index in [0.717, 1.165) is 12.6 Å². The molecule has 3 aromatic carbocycles. The van der Waals surface area contributed by atoms with Gasteiger partial charge in [-0.05, 0) is 42.8 Å². The molecule has 0 bridgehead atoms. The van der Waals surface area contributed by atoms with Gasteiger partial charge in [-0.15, -0.1) is 6.58 Å². The topological polar surface area (TPSA) is 0 Å². The Hall–Kier alpha value is -1.69. The largest absolute Gasteiger partial charge is 1.00 e. The molecule has 0 saturated heterocycles. The summed E-state index contributed by atoms with van der Waals surface area (Å²) in [5.41, 5.74) is 0. The molecule has 0 aliphatic carbocycles. The molecule has 0 spiro atoms. The average Bonchev–Trinajstić information content (AvgIpc) is 2.65. The molecular weight excluding hydrogens is 375 g/mol. The molecule has 0 aliphatic rings. The first kappa shape index (κ1) is 18.6. The fraction of sp³-hybridized carbons (Fsp3) is 0.0909. The number of hydrogen-bond donors (Lipinski definition) is 0. The fourth-order valence-corrected chi connectivity index (χ4v) is 7.45. The molecule has 0 atom stereocenters. The summed E-state index contributed by atoms with van der Waals surface area (Å²) in [5.74, 6) is 0. The van der Waals surface area contributed by atoms with Crippen molar-refractivity contribution in [3.05, 3.63) is 104 Å². The lowest BCUT2D eigenvalue weighted by Gasteiger charge is -2.27. The van der Waals surface area contributed by atoms with E-state index in [0.29, 0.717) is 0 Å². The first-order chi connectivity index (χ1) is 11.4. The van der Waals surface area contributed by atoms with Crippen LogP contribution in [0.25, 0.3) is 0 Å². The zero-order valence-corrected chi connectivity index (χ0v) is 16.2. The van der Waals surface area contributed by atoms with Crippen LogP contribution in [-0.2, 0) is 0 Å². The summed E-state index contributed by atoms with van der Waals surface area (Å²) in [6, 6.07) is 33.0. The van der Waals surface area contributed by atoms with Crippen LogP contribution in [0.2, 0.25) is 0 Å². The highest BCUT2D eigenvalue weighted by atomic mass is 79.9. The zero-order chi connectivity index (χ0) is 16.0. The normalized spacial score (nSPS) is 10.7. The first-order valence-corrected chi connectivity index (χ1v) is 10.0. The van der Waals surface area contributed by atoms with E-state index in [-0.39, 0.29) is 17.0 Å². The summed E-state index contributed by atoms with van der Waals surface area (Å²) in [4.78, 5) is 0. The second kappa shape index (κ2) is 8.97. The molecule has 0 nitrogen and oxygen atoms in total. The van der Waals surface area contributed by atoms with Crippen molar-refractivity contribution in [3.8, 4) is 0 Å². The molecule has 2 heteroatoms. The third-order valence-corrected chi connectivity index (χ3v) is 8.73. The lowest BCUT2D eigenvalue weighted by Crippen LogP contribution is -3.00. The van der Waals surface area contributed by atoms with Gasteiger partial charge in [0.25, 0.3) is 0 Å². The van der Waals surface area contributed by atoms with E-state index in [4.69, 9.17) is 0 Å². The van der Waals surface area contributed by atoms with Crippen molar-refractivity contribution in [2.24, 2.45) is 0 Å². The lowest BCUT2D eigenvalue weighted by atomic mass is 10.3. The zero-order valence-electron chi connectivity index (χ0n) is 13.7. The van der Waals surface area contributed by atoms with Crippen LogP contribution in [0.15, 0.2) is 104 Å². The van der Waals surface area contributed by atoms with Crippen LogP contribution < -0.4 is 32.9 Å². The third-order valence-electron chi connectivity index (χ3n) is 4.26. The predicted octanol–water partition coefficient (Wildman–Crippen LogP) is 1.56. The van der Waals surface area contributed by atoms with Gasteiger partial charge in [0.1, 0.15) is 23.2 Å². The summed E-state index contributed by atoms with van der Waals surface area (Å²) in [6.07, 6.45) is 4.19. The van der Waals surface area contributed by atoms with Crippen LogP contribution in [0.4, 0.5) is 0 Å². The molecule has 3 rings (SSSR count). The predicted molar refractivity (Wildman–Crippen MR) is 105 cm³/mol. The Morgan fingerprint density at radius 2 is 0.958 bits per heavy atom. The van der Waals surface area contributed by atoms with Gasteiger partial charge in [0, 0.05) is 0 Å². The van der Waals surface area contributed by atoms with Gasteiger partial charge in [-0.1, -0.05) is 60.7 Å². The molecule has 0 fully saturated rings. The van der Waals surface area contributed by atoms with Gasteiger partial charge in [-0.2, -0.15) is 0 Å². The molecule has 0 aromatic heterocycles. The SMILES string of the molecule is C=CCC[P+](c1ccccc1)(c1ccccc1)c1ccccc1.[Br-]. The number of rotatable bonds is 6. The highest BCUT2D eigenvalue weighted by Gasteiger charge is 2.44. The fourth-order valence-electron chi connectivity index (χ4n) is 3.17. The minimum Gasteiger partial charge on any atom is -1.00 e. The summed E-state index contributed by atoms with van der Waals surface area (Å²) in [5, 5.41) is 4.33. The van der Waals surface area contributed by atoms with Crippen molar-refractivity contribution in [3.63, 3.8) is 0 Å². The second-order valence-corrected chi connectivity index (χ2v) is 9.23. The third kappa shape index (κ3) is 3.69. The van der Waals surface area contributed by atoms with E-state index in [2.05, 4.69) is 97.6 Å². The van der Waals surface area contributed by atoms with Gasteiger partial charge in [0.05, 0.1) is 6.16 Å². The Labute approximate surface area is 156 Å². The van der Waals surface area contributed by atoms with Gasteiger partial charge in [0.15, 0.2) is 0 Å². The Kier molecular flexibility index (Phi) is 6.97. The number of benzene rings is 3. The molecule has 0 N–H and O–H groups in total. The van der Waals surface area contributed by atoms with Crippen molar-refractivity contribution in [2.75, 3.05) is 6.16 Å². The van der Waals surface area contributed by atoms with E-state index in [1.54, 1.807) is 0 Å². The van der Waals surface area contributed by atoms with Gasteiger partial charge in [0.2, 0.25) is 0 Å². The highest BCUT2D eigenvalue weighted by Crippen LogP contribution is 2.55. The van der Waals surface area contributed by atoms with Crippen molar-refractivity contribution >= 4 is 23.2 Å². The smallest absolute Gasteiger partial charge is 0.112 e. The van der Waals surface area contributed by atoms with Gasteiger partial charge < -0.3 is 17.0 Å². The van der Waals surface area contributed by atoms with Crippen LogP contribution in [0.3, 0.4) is 0 Å². The Morgan fingerprint density at radius 3 is 1.25 bits per heavy atom. The first-order valence-electron chi connectivity index (χ1n) is 8.04. The average molecular weight is 397 g/mol. The highest BCUT2D eigenvalue weighted by molar-refractivity contribution is 7.95. The lowest BCUT2D eigenvalue weighted by molar-refractivity contribution is -0.00000446. The summed E-state index contributed by atoms with van der Waals surface area (Å²) in [6.45, 7) is 3.96. The quantitative estimate of drug-likeness (QED) is 0.438. The molecule has 0 amide bonds. The van der Waals surface area contributed by atoms with Crippen LogP contribution in [0, 0.1) is 0 Å². The van der Waals surface area contributed by atoms with Gasteiger partial charge in [-0.25, -0.2) is 0 Å². The van der Waals surface area contributed by atoms with E-state index in [1.165, 1.54) is 15.9 Å². The molecule has 0 radical (unpaired) electrons. The van der Waals surface area contributed by atoms with Crippen molar-refractivity contribution in [1.29, 1.82) is 0 Å². The summed E-state index contributed by atoms with van der Waals surface area (Å²) < 4.78 is 0. The Balaban J connectivity index is 0.00000208. The van der Waals surface area contributed by atoms with Crippen LogP contribution >= 0.6 is 7.26 Å². The number of halogens is 1. The molecule has 0 saturated carbocycles. The molecule has 122 valence electrons. The Morgan fingerprint density at radius 1 is 0.625 bits per heavy atom. The van der Waals surface area contributed by atoms with E-state index in [9.17, 15) is 0 Å². The minimum absolute atomic E-state index is 0. The molecule has 0 aliphatic heterocycles. The molecular formula is C22H22BrP.